The summed E-state index contributed by atoms with van der Waals surface area (Å²) in [6, 6.07) is 2.36. The van der Waals surface area contributed by atoms with Gasteiger partial charge in [0.25, 0.3) is 0 Å². The van der Waals surface area contributed by atoms with Crippen molar-refractivity contribution in [2.45, 2.75) is 108 Å². The fraction of sp³-hybridized carbons (Fsp3) is 0.824. The number of allylic oxidation sites excluding steroid dienone is 2. The van der Waals surface area contributed by atoms with Crippen molar-refractivity contribution < 1.29 is 0 Å². The molecule has 40 heavy (non-hydrogen) atoms. The minimum atomic E-state index is 0.384. The second-order valence-electron chi connectivity index (χ2n) is 15.3. The molecule has 2 spiro atoms. The van der Waals surface area contributed by atoms with Crippen LogP contribution < -0.4 is 10.6 Å². The lowest BCUT2D eigenvalue weighted by Gasteiger charge is -2.54. The summed E-state index contributed by atoms with van der Waals surface area (Å²) in [5.74, 6) is 2.49. The van der Waals surface area contributed by atoms with E-state index in [9.17, 15) is 0 Å². The van der Waals surface area contributed by atoms with Gasteiger partial charge in [0.2, 0.25) is 5.96 Å². The Morgan fingerprint density at radius 2 is 1.55 bits per heavy atom. The fourth-order valence-corrected chi connectivity index (χ4v) is 10.2. The molecule has 216 valence electrons. The van der Waals surface area contributed by atoms with Crippen LogP contribution in [0.4, 0.5) is 0 Å². The van der Waals surface area contributed by atoms with Crippen molar-refractivity contribution in [2.24, 2.45) is 38.6 Å². The summed E-state index contributed by atoms with van der Waals surface area (Å²) < 4.78 is 0. The Labute approximate surface area is 241 Å². The molecule has 9 rings (SSSR count). The van der Waals surface area contributed by atoms with E-state index in [2.05, 4.69) is 32.6 Å². The molecular formula is C34H50N6. The Balaban J connectivity index is 0.877. The van der Waals surface area contributed by atoms with Crippen molar-refractivity contribution in [3.05, 3.63) is 23.4 Å². The zero-order chi connectivity index (χ0) is 26.3. The predicted octanol–water partition coefficient (Wildman–Crippen LogP) is 4.89. The monoisotopic (exact) mass is 542 g/mol. The lowest BCUT2D eigenvalue weighted by Crippen LogP contribution is -2.57. The van der Waals surface area contributed by atoms with Crippen LogP contribution in [-0.4, -0.2) is 78.9 Å². The highest BCUT2D eigenvalue weighted by atomic mass is 15.3. The first kappa shape index (κ1) is 24.9. The molecule has 2 N–H and O–H groups in total. The fourth-order valence-electron chi connectivity index (χ4n) is 10.2. The number of guanidine groups is 1. The summed E-state index contributed by atoms with van der Waals surface area (Å²) in [6.45, 7) is 7.28. The lowest BCUT2D eigenvalue weighted by molar-refractivity contribution is 0.0635. The molecule has 0 aromatic carbocycles. The molecule has 0 bridgehead atoms. The van der Waals surface area contributed by atoms with Gasteiger partial charge in [-0.05, 0) is 87.0 Å². The minimum absolute atomic E-state index is 0.384. The molecule has 6 heteroatoms. The highest BCUT2D eigenvalue weighted by Gasteiger charge is 2.57. The molecule has 0 aromatic rings. The van der Waals surface area contributed by atoms with Crippen LogP contribution in [0.2, 0.25) is 0 Å². The number of aliphatic imine (C=N–C) groups is 2. The van der Waals surface area contributed by atoms with E-state index < -0.39 is 0 Å². The van der Waals surface area contributed by atoms with Crippen LogP contribution in [0.25, 0.3) is 0 Å². The highest BCUT2D eigenvalue weighted by Crippen LogP contribution is 2.57. The number of hydrogen-bond acceptors (Lipinski definition) is 6. The van der Waals surface area contributed by atoms with Crippen LogP contribution in [-0.2, 0) is 0 Å². The quantitative estimate of drug-likeness (QED) is 0.499. The molecule has 0 amide bonds. The number of rotatable bonds is 3. The number of nitrogens with zero attached hydrogens (tertiary/aromatic N) is 4. The number of nitrogens with one attached hydrogen (secondary N) is 2. The normalized spacial score (nSPS) is 38.8. The van der Waals surface area contributed by atoms with E-state index in [-0.39, 0.29) is 0 Å². The number of hydrogen-bond donors (Lipinski definition) is 2. The van der Waals surface area contributed by atoms with Crippen molar-refractivity contribution in [1.82, 2.24) is 20.4 Å². The predicted molar refractivity (Wildman–Crippen MR) is 162 cm³/mol. The summed E-state index contributed by atoms with van der Waals surface area (Å²) in [4.78, 5) is 16.1. The minimum Gasteiger partial charge on any atom is -0.387 e. The van der Waals surface area contributed by atoms with E-state index in [1.165, 1.54) is 122 Å². The van der Waals surface area contributed by atoms with Gasteiger partial charge >= 0.3 is 0 Å². The van der Waals surface area contributed by atoms with Crippen molar-refractivity contribution in [1.29, 1.82) is 0 Å². The van der Waals surface area contributed by atoms with Crippen LogP contribution >= 0.6 is 0 Å². The van der Waals surface area contributed by atoms with Gasteiger partial charge in [-0.15, -0.1) is 0 Å². The first-order valence-corrected chi connectivity index (χ1v) is 17.2. The average Bonchev–Trinajstić information content (AvgIpc) is 3.87. The van der Waals surface area contributed by atoms with Gasteiger partial charge in [-0.25, -0.2) is 4.99 Å². The molecule has 3 heterocycles. The third-order valence-corrected chi connectivity index (χ3v) is 13.0. The molecule has 5 saturated carbocycles. The van der Waals surface area contributed by atoms with Gasteiger partial charge < -0.3 is 10.6 Å². The van der Waals surface area contributed by atoms with E-state index in [4.69, 9.17) is 9.98 Å². The number of fused-ring (bicyclic) bond motifs is 4. The largest absolute Gasteiger partial charge is 0.387 e. The molecule has 7 fully saturated rings. The van der Waals surface area contributed by atoms with Gasteiger partial charge in [0, 0.05) is 80.0 Å². The number of piperazine rings is 1. The van der Waals surface area contributed by atoms with Crippen molar-refractivity contribution >= 4 is 11.7 Å². The van der Waals surface area contributed by atoms with Gasteiger partial charge in [-0.1, -0.05) is 31.4 Å². The van der Waals surface area contributed by atoms with Gasteiger partial charge in [-0.2, -0.15) is 0 Å². The molecule has 2 unspecified atom stereocenters. The Morgan fingerprint density at radius 1 is 0.825 bits per heavy atom. The molecule has 6 nitrogen and oxygen atoms in total. The Bertz CT molecular complexity index is 1130. The SMILES string of the molecule is C1=C[C@@H]2CN=C(NC3CC34CCC(N3CCN(C5CC5)CC3)CC4)N=C2[C@H]2C1C(=C1CC1)NCC21CCCCC1. The van der Waals surface area contributed by atoms with E-state index >= 15 is 0 Å². The lowest BCUT2D eigenvalue weighted by atomic mass is 9.55. The maximum atomic E-state index is 5.47. The molecule has 3 aliphatic heterocycles. The second-order valence-corrected chi connectivity index (χ2v) is 15.3. The average molecular weight is 543 g/mol. The Kier molecular flexibility index (Phi) is 5.86. The highest BCUT2D eigenvalue weighted by molar-refractivity contribution is 6.03. The second kappa shape index (κ2) is 9.42. The zero-order valence-corrected chi connectivity index (χ0v) is 24.5. The summed E-state index contributed by atoms with van der Waals surface area (Å²) in [7, 11) is 0. The smallest absolute Gasteiger partial charge is 0.218 e. The molecular weight excluding hydrogens is 492 g/mol. The molecule has 4 atom stereocenters. The summed E-state index contributed by atoms with van der Waals surface area (Å²) in [5.41, 5.74) is 5.64. The van der Waals surface area contributed by atoms with Gasteiger partial charge in [0.15, 0.2) is 0 Å². The maximum Gasteiger partial charge on any atom is 0.218 e. The van der Waals surface area contributed by atoms with Gasteiger partial charge in [0.05, 0.1) is 6.54 Å². The third kappa shape index (κ3) is 4.25. The first-order chi connectivity index (χ1) is 19.7. The van der Waals surface area contributed by atoms with E-state index in [0.717, 1.165) is 31.1 Å². The molecule has 2 saturated heterocycles. The van der Waals surface area contributed by atoms with Crippen molar-refractivity contribution in [3.8, 4) is 0 Å². The zero-order valence-electron chi connectivity index (χ0n) is 24.5. The van der Waals surface area contributed by atoms with Gasteiger partial charge in [0.1, 0.15) is 0 Å². The third-order valence-electron chi connectivity index (χ3n) is 13.0. The standard InChI is InChI=1S/C34H50N6/c1-2-12-34(13-3-1)22-36-30(23-4-5-23)27-9-6-24-21-35-32(38-31(24)29(27)34)37-28-20-33(28)14-10-26(11-15-33)40-18-16-39(17-19-40)25-7-8-25/h6,9,24-29,36H,1-5,7-8,10-22H2,(H,35,37)/t24-,26?,27?,28?,29-,33?/m1/s1. The van der Waals surface area contributed by atoms with Crippen LogP contribution in [0.5, 0.6) is 0 Å². The summed E-state index contributed by atoms with van der Waals surface area (Å²) >= 11 is 0. The topological polar surface area (TPSA) is 55.3 Å². The number of piperidine rings is 1. The van der Waals surface area contributed by atoms with Crippen LogP contribution in [0.3, 0.4) is 0 Å². The van der Waals surface area contributed by atoms with Crippen molar-refractivity contribution in [3.63, 3.8) is 0 Å². The molecule has 0 aromatic heterocycles. The molecule has 6 aliphatic carbocycles. The molecule has 0 radical (unpaired) electrons. The van der Waals surface area contributed by atoms with Crippen LogP contribution in [0, 0.1) is 28.6 Å². The van der Waals surface area contributed by atoms with Crippen molar-refractivity contribution in [2.75, 3.05) is 39.3 Å². The first-order valence-electron chi connectivity index (χ1n) is 17.2. The van der Waals surface area contributed by atoms with Gasteiger partial charge in [-0.3, -0.25) is 14.8 Å². The van der Waals surface area contributed by atoms with E-state index in [1.807, 2.05) is 0 Å². The maximum absolute atomic E-state index is 5.47. The Morgan fingerprint density at radius 3 is 2.25 bits per heavy atom. The van der Waals surface area contributed by atoms with E-state index in [1.54, 1.807) is 11.3 Å². The molecule has 9 aliphatic rings. The Hall–Kier alpha value is -1.66. The summed E-state index contributed by atoms with van der Waals surface area (Å²) in [6.07, 6.45) is 24.4. The summed E-state index contributed by atoms with van der Waals surface area (Å²) in [5, 5.41) is 7.92. The van der Waals surface area contributed by atoms with E-state index in [0.29, 0.717) is 34.6 Å². The van der Waals surface area contributed by atoms with Crippen LogP contribution in [0.1, 0.15) is 89.9 Å². The van der Waals surface area contributed by atoms with Crippen LogP contribution in [0.15, 0.2) is 33.4 Å².